The Hall–Kier alpha value is -0.0400. The van der Waals surface area contributed by atoms with Crippen molar-refractivity contribution in [1.29, 1.82) is 0 Å². The largest absolute Gasteiger partial charge is 0.494 e. The molecule has 4 bridgehead atoms. The van der Waals surface area contributed by atoms with E-state index >= 15 is 0 Å². The maximum Gasteiger partial charge on any atom is 0.147 e. The number of methoxy groups -OCH3 is 2. The van der Waals surface area contributed by atoms with E-state index in [1.165, 1.54) is 49.7 Å². The molecule has 0 atom stereocenters. The van der Waals surface area contributed by atoms with Crippen molar-refractivity contribution in [1.82, 2.24) is 0 Å². The van der Waals surface area contributed by atoms with E-state index in [-0.39, 0.29) is 10.8 Å². The second-order valence-corrected chi connectivity index (χ2v) is 12.9. The van der Waals surface area contributed by atoms with Gasteiger partial charge in [0, 0.05) is 0 Å². The Kier molecular flexibility index (Phi) is 5.65. The number of rotatable bonds is 4. The fourth-order valence-corrected chi connectivity index (χ4v) is 10.1. The Morgan fingerprint density at radius 3 is 1.30 bits per heavy atom. The van der Waals surface area contributed by atoms with Gasteiger partial charge in [-0.1, -0.05) is 0 Å². The van der Waals surface area contributed by atoms with Crippen LogP contribution < -0.4 is 9.47 Å². The minimum absolute atomic E-state index is 0.236. The van der Waals surface area contributed by atoms with Gasteiger partial charge in [0.15, 0.2) is 0 Å². The topological polar surface area (TPSA) is 18.5 Å². The molecule has 0 radical (unpaired) electrons. The van der Waals surface area contributed by atoms with Crippen molar-refractivity contribution in [3.63, 3.8) is 0 Å². The zero-order chi connectivity index (χ0) is 21.3. The molecule has 4 aliphatic carbocycles. The summed E-state index contributed by atoms with van der Waals surface area (Å²) in [5, 5.41) is 0. The van der Waals surface area contributed by atoms with Gasteiger partial charge in [-0.05, 0) is 160 Å². The molecule has 4 saturated carbocycles. The highest BCUT2D eigenvalue weighted by molar-refractivity contribution is 9.11. The third-order valence-electron chi connectivity index (χ3n) is 7.69. The van der Waals surface area contributed by atoms with Crippen LogP contribution in [0.1, 0.15) is 49.7 Å². The van der Waals surface area contributed by atoms with Crippen LogP contribution in [0.3, 0.4) is 0 Å². The fraction of sp³-hybridized carbons (Fsp3) is 0.500. The SMILES string of the molecule is COc1c(Br)cc(C23CC4CC(C2)CC(c2cc(Br)c(OC)c(Br)c2)(C4)C3)cc1Br. The summed E-state index contributed by atoms with van der Waals surface area (Å²) in [6.07, 6.45) is 7.80. The first-order valence-electron chi connectivity index (χ1n) is 10.4. The summed E-state index contributed by atoms with van der Waals surface area (Å²) in [4.78, 5) is 0. The zero-order valence-corrected chi connectivity index (χ0v) is 23.4. The Morgan fingerprint density at radius 1 is 0.667 bits per heavy atom. The van der Waals surface area contributed by atoms with Gasteiger partial charge in [0.1, 0.15) is 11.5 Å². The maximum absolute atomic E-state index is 5.57. The molecule has 2 aromatic carbocycles. The van der Waals surface area contributed by atoms with Crippen molar-refractivity contribution in [2.24, 2.45) is 11.8 Å². The molecule has 2 aromatic rings. The van der Waals surface area contributed by atoms with Crippen LogP contribution >= 0.6 is 63.7 Å². The van der Waals surface area contributed by atoms with Crippen molar-refractivity contribution in [2.45, 2.75) is 49.4 Å². The third kappa shape index (κ3) is 3.34. The molecule has 6 heteroatoms. The average Bonchev–Trinajstić information content (AvgIpc) is 2.66. The summed E-state index contributed by atoms with van der Waals surface area (Å²) in [5.74, 6) is 3.35. The van der Waals surface area contributed by atoms with Gasteiger partial charge in [0.25, 0.3) is 0 Å². The van der Waals surface area contributed by atoms with Crippen molar-refractivity contribution < 1.29 is 9.47 Å². The molecule has 6 rings (SSSR count). The highest BCUT2D eigenvalue weighted by atomic mass is 79.9. The smallest absolute Gasteiger partial charge is 0.147 e. The van der Waals surface area contributed by atoms with Crippen molar-refractivity contribution in [2.75, 3.05) is 14.2 Å². The van der Waals surface area contributed by atoms with Gasteiger partial charge in [0.2, 0.25) is 0 Å². The standard InChI is InChI=1S/C24H24Br4O2/c1-29-21-17(25)4-15(5-18(21)26)23-8-13-3-14(9-23)11-24(10-13,12-23)16-6-19(27)22(30-2)20(28)7-16/h4-7,13-14H,3,8-12H2,1-2H3. The van der Waals surface area contributed by atoms with Gasteiger partial charge in [-0.25, -0.2) is 0 Å². The van der Waals surface area contributed by atoms with Crippen LogP contribution in [0.25, 0.3) is 0 Å². The van der Waals surface area contributed by atoms with Gasteiger partial charge in [-0.15, -0.1) is 0 Å². The Labute approximate surface area is 212 Å². The molecular weight excluding hydrogens is 640 g/mol. The summed E-state index contributed by atoms with van der Waals surface area (Å²) in [7, 11) is 3.45. The quantitative estimate of drug-likeness (QED) is 0.327. The van der Waals surface area contributed by atoms with Crippen molar-refractivity contribution in [3.8, 4) is 11.5 Å². The number of ether oxygens (including phenoxy) is 2. The first-order chi connectivity index (χ1) is 14.3. The third-order valence-corrected chi connectivity index (χ3v) is 10.0. The monoisotopic (exact) mass is 660 g/mol. The van der Waals surface area contributed by atoms with Crippen molar-refractivity contribution >= 4 is 63.7 Å². The lowest BCUT2D eigenvalue weighted by Crippen LogP contribution is -2.56. The van der Waals surface area contributed by atoms with Crippen LogP contribution in [-0.4, -0.2) is 14.2 Å². The Bertz CT molecular complexity index is 881. The molecule has 2 nitrogen and oxygen atoms in total. The summed E-state index contributed by atoms with van der Waals surface area (Å²) < 4.78 is 15.3. The van der Waals surface area contributed by atoms with E-state index in [1.807, 2.05) is 0 Å². The van der Waals surface area contributed by atoms with E-state index in [2.05, 4.69) is 88.0 Å². The summed E-state index contributed by atoms with van der Waals surface area (Å²) >= 11 is 15.0. The normalized spacial score (nSPS) is 31.8. The summed E-state index contributed by atoms with van der Waals surface area (Å²) in [6.45, 7) is 0. The first kappa shape index (κ1) is 21.8. The molecule has 0 saturated heterocycles. The van der Waals surface area contributed by atoms with Gasteiger partial charge in [-0.3, -0.25) is 0 Å². The predicted octanol–water partition coefficient (Wildman–Crippen LogP) is 8.54. The molecule has 0 N–H and O–H groups in total. The van der Waals surface area contributed by atoms with Gasteiger partial charge < -0.3 is 9.47 Å². The van der Waals surface area contributed by atoms with Crippen LogP contribution in [0.15, 0.2) is 42.2 Å². The van der Waals surface area contributed by atoms with Crippen molar-refractivity contribution in [3.05, 3.63) is 53.3 Å². The molecule has 4 fully saturated rings. The second kappa shape index (κ2) is 7.78. The van der Waals surface area contributed by atoms with E-state index in [0.717, 1.165) is 41.2 Å². The number of hydrogen-bond acceptors (Lipinski definition) is 2. The molecule has 30 heavy (non-hydrogen) atoms. The Morgan fingerprint density at radius 2 is 1.00 bits per heavy atom. The number of halogens is 4. The van der Waals surface area contributed by atoms with Gasteiger partial charge in [0.05, 0.1) is 32.1 Å². The lowest BCUT2D eigenvalue weighted by molar-refractivity contribution is -0.0282. The number of hydrogen-bond donors (Lipinski definition) is 0. The van der Waals surface area contributed by atoms with E-state index in [1.54, 1.807) is 14.2 Å². The van der Waals surface area contributed by atoms with Crippen LogP contribution in [0.5, 0.6) is 11.5 Å². The first-order valence-corrected chi connectivity index (χ1v) is 13.5. The van der Waals surface area contributed by atoms with Gasteiger partial charge >= 0.3 is 0 Å². The highest BCUT2D eigenvalue weighted by Crippen LogP contribution is 2.67. The molecule has 0 unspecified atom stereocenters. The predicted molar refractivity (Wildman–Crippen MR) is 135 cm³/mol. The van der Waals surface area contributed by atoms with Crippen LogP contribution in [-0.2, 0) is 10.8 Å². The maximum atomic E-state index is 5.57. The summed E-state index contributed by atoms with van der Waals surface area (Å²) in [5.41, 5.74) is 3.37. The van der Waals surface area contributed by atoms with E-state index < -0.39 is 0 Å². The van der Waals surface area contributed by atoms with Crippen LogP contribution in [0.2, 0.25) is 0 Å². The molecule has 0 aliphatic heterocycles. The molecule has 0 heterocycles. The summed E-state index contributed by atoms with van der Waals surface area (Å²) in [6, 6.07) is 9.24. The minimum Gasteiger partial charge on any atom is -0.494 e. The fourth-order valence-electron chi connectivity index (χ4n) is 7.06. The lowest BCUT2D eigenvalue weighted by atomic mass is 9.42. The molecule has 0 spiro atoms. The molecular formula is C24H24Br4O2. The highest BCUT2D eigenvalue weighted by Gasteiger charge is 2.58. The van der Waals surface area contributed by atoms with Crippen LogP contribution in [0, 0.1) is 11.8 Å². The van der Waals surface area contributed by atoms with Crippen LogP contribution in [0.4, 0.5) is 0 Å². The van der Waals surface area contributed by atoms with E-state index in [9.17, 15) is 0 Å². The lowest BCUT2D eigenvalue weighted by Gasteiger charge is -2.63. The Balaban J connectivity index is 1.61. The second-order valence-electron chi connectivity index (χ2n) is 9.47. The van der Waals surface area contributed by atoms with E-state index in [4.69, 9.17) is 9.47 Å². The van der Waals surface area contributed by atoms with E-state index in [0.29, 0.717) is 0 Å². The average molecular weight is 664 g/mol. The molecule has 160 valence electrons. The molecule has 0 amide bonds. The minimum atomic E-state index is 0.236. The zero-order valence-electron chi connectivity index (χ0n) is 17.0. The van der Waals surface area contributed by atoms with Gasteiger partial charge in [-0.2, -0.15) is 0 Å². The molecule has 4 aliphatic rings. The molecule has 0 aromatic heterocycles. The number of benzene rings is 2.